The standard InChI is InChI=1S/C12H13BrN4O/c1-8-14-12(17-16-8)15-11(18)7-4-9-2-5-10(13)6-3-9/h2-3,5-6H,4,7H2,1H3,(H2,14,15,16,17,18). The van der Waals surface area contributed by atoms with Gasteiger partial charge in [0.1, 0.15) is 5.82 Å². The van der Waals surface area contributed by atoms with E-state index in [4.69, 9.17) is 0 Å². The number of aryl methyl sites for hydroxylation is 2. The predicted molar refractivity (Wildman–Crippen MR) is 72.2 cm³/mol. The first-order valence-electron chi connectivity index (χ1n) is 5.57. The van der Waals surface area contributed by atoms with Crippen molar-refractivity contribution in [1.82, 2.24) is 15.2 Å². The minimum Gasteiger partial charge on any atom is -0.293 e. The molecule has 0 aliphatic rings. The fourth-order valence-electron chi connectivity index (χ4n) is 1.49. The third kappa shape index (κ3) is 3.66. The topological polar surface area (TPSA) is 70.7 Å². The summed E-state index contributed by atoms with van der Waals surface area (Å²) in [5, 5.41) is 9.16. The number of anilines is 1. The summed E-state index contributed by atoms with van der Waals surface area (Å²) in [5.41, 5.74) is 1.12. The summed E-state index contributed by atoms with van der Waals surface area (Å²) < 4.78 is 1.03. The maximum atomic E-state index is 11.6. The van der Waals surface area contributed by atoms with Crippen LogP contribution < -0.4 is 5.32 Å². The molecule has 1 aromatic heterocycles. The molecule has 18 heavy (non-hydrogen) atoms. The highest BCUT2D eigenvalue weighted by molar-refractivity contribution is 9.10. The number of benzene rings is 1. The average Bonchev–Trinajstić information content (AvgIpc) is 2.74. The Labute approximate surface area is 113 Å². The number of nitrogens with one attached hydrogen (secondary N) is 2. The van der Waals surface area contributed by atoms with Gasteiger partial charge in [0.15, 0.2) is 0 Å². The zero-order chi connectivity index (χ0) is 13.0. The van der Waals surface area contributed by atoms with Crippen LogP contribution in [0.4, 0.5) is 5.95 Å². The Kier molecular flexibility index (Phi) is 4.09. The van der Waals surface area contributed by atoms with E-state index >= 15 is 0 Å². The number of hydrogen-bond acceptors (Lipinski definition) is 3. The molecule has 0 radical (unpaired) electrons. The summed E-state index contributed by atoms with van der Waals surface area (Å²) in [5.74, 6) is 0.920. The van der Waals surface area contributed by atoms with Crippen molar-refractivity contribution < 1.29 is 4.79 Å². The Morgan fingerprint density at radius 3 is 2.72 bits per heavy atom. The molecule has 1 heterocycles. The molecule has 2 aromatic rings. The van der Waals surface area contributed by atoms with Gasteiger partial charge in [0.2, 0.25) is 11.9 Å². The van der Waals surface area contributed by atoms with Crippen LogP contribution in [-0.4, -0.2) is 21.1 Å². The first-order valence-corrected chi connectivity index (χ1v) is 6.36. The van der Waals surface area contributed by atoms with Crippen molar-refractivity contribution >= 4 is 27.8 Å². The van der Waals surface area contributed by atoms with E-state index < -0.39 is 0 Å². The lowest BCUT2D eigenvalue weighted by atomic mass is 10.1. The summed E-state index contributed by atoms with van der Waals surface area (Å²) in [6.07, 6.45) is 1.11. The van der Waals surface area contributed by atoms with Crippen molar-refractivity contribution in [2.24, 2.45) is 0 Å². The largest absolute Gasteiger partial charge is 0.293 e. The van der Waals surface area contributed by atoms with Gasteiger partial charge in [0, 0.05) is 10.9 Å². The lowest BCUT2D eigenvalue weighted by molar-refractivity contribution is -0.116. The molecule has 0 fully saturated rings. The SMILES string of the molecule is Cc1nc(NC(=O)CCc2ccc(Br)cc2)n[nH]1. The van der Waals surface area contributed by atoms with E-state index in [-0.39, 0.29) is 5.91 Å². The van der Waals surface area contributed by atoms with E-state index in [1.807, 2.05) is 24.3 Å². The summed E-state index contributed by atoms with van der Waals surface area (Å²) in [4.78, 5) is 15.7. The number of aromatic nitrogens is 3. The van der Waals surface area contributed by atoms with Gasteiger partial charge >= 0.3 is 0 Å². The number of halogens is 1. The second kappa shape index (κ2) is 5.77. The Morgan fingerprint density at radius 2 is 2.11 bits per heavy atom. The molecule has 6 heteroatoms. The molecule has 0 spiro atoms. The van der Waals surface area contributed by atoms with Crippen molar-refractivity contribution in [1.29, 1.82) is 0 Å². The Hall–Kier alpha value is -1.69. The molecule has 0 unspecified atom stereocenters. The molecule has 94 valence electrons. The van der Waals surface area contributed by atoms with Crippen LogP contribution in [0.5, 0.6) is 0 Å². The highest BCUT2D eigenvalue weighted by Crippen LogP contribution is 2.12. The van der Waals surface area contributed by atoms with Gasteiger partial charge in [-0.25, -0.2) is 0 Å². The van der Waals surface area contributed by atoms with Crippen LogP contribution in [-0.2, 0) is 11.2 Å². The summed E-state index contributed by atoms with van der Waals surface area (Å²) >= 11 is 3.37. The van der Waals surface area contributed by atoms with E-state index in [1.54, 1.807) is 6.92 Å². The molecule has 0 bridgehead atoms. The van der Waals surface area contributed by atoms with Gasteiger partial charge in [-0.2, -0.15) is 4.98 Å². The van der Waals surface area contributed by atoms with Gasteiger partial charge in [0.25, 0.3) is 0 Å². The second-order valence-corrected chi connectivity index (χ2v) is 4.83. The first kappa shape index (κ1) is 12.8. The van der Waals surface area contributed by atoms with E-state index in [1.165, 1.54) is 0 Å². The van der Waals surface area contributed by atoms with Crippen LogP contribution in [0.15, 0.2) is 28.7 Å². The number of aromatic amines is 1. The fraction of sp³-hybridized carbons (Fsp3) is 0.250. The highest BCUT2D eigenvalue weighted by Gasteiger charge is 2.06. The molecule has 2 rings (SSSR count). The van der Waals surface area contributed by atoms with Gasteiger partial charge in [-0.15, -0.1) is 5.10 Å². The third-order valence-electron chi connectivity index (χ3n) is 2.40. The third-order valence-corrected chi connectivity index (χ3v) is 2.93. The smallest absolute Gasteiger partial charge is 0.248 e. The van der Waals surface area contributed by atoms with E-state index in [9.17, 15) is 4.79 Å². The van der Waals surface area contributed by atoms with Gasteiger partial charge in [-0.1, -0.05) is 28.1 Å². The molecule has 0 saturated carbocycles. The van der Waals surface area contributed by atoms with Crippen LogP contribution in [0.2, 0.25) is 0 Å². The first-order chi connectivity index (χ1) is 8.63. The maximum absolute atomic E-state index is 11.6. The van der Waals surface area contributed by atoms with Crippen LogP contribution in [0.25, 0.3) is 0 Å². The van der Waals surface area contributed by atoms with E-state index in [0.717, 1.165) is 10.0 Å². The molecule has 1 amide bonds. The molecular formula is C12H13BrN4O. The summed E-state index contributed by atoms with van der Waals surface area (Å²) in [7, 11) is 0. The normalized spacial score (nSPS) is 10.3. The maximum Gasteiger partial charge on any atom is 0.248 e. The van der Waals surface area contributed by atoms with E-state index in [0.29, 0.717) is 24.6 Å². The van der Waals surface area contributed by atoms with Crippen LogP contribution in [0.3, 0.4) is 0 Å². The number of hydrogen-bond donors (Lipinski definition) is 2. The minimum absolute atomic E-state index is 0.0862. The zero-order valence-corrected chi connectivity index (χ0v) is 11.5. The molecule has 0 atom stereocenters. The Morgan fingerprint density at radius 1 is 1.39 bits per heavy atom. The number of rotatable bonds is 4. The number of nitrogens with zero attached hydrogens (tertiary/aromatic N) is 2. The van der Waals surface area contributed by atoms with Crippen molar-refractivity contribution in [2.45, 2.75) is 19.8 Å². The van der Waals surface area contributed by atoms with Crippen LogP contribution in [0.1, 0.15) is 17.8 Å². The molecule has 0 aliphatic carbocycles. The van der Waals surface area contributed by atoms with Crippen LogP contribution in [0, 0.1) is 6.92 Å². The van der Waals surface area contributed by atoms with E-state index in [2.05, 4.69) is 36.4 Å². The Balaban J connectivity index is 1.83. The number of carbonyl (C=O) groups excluding carboxylic acids is 1. The molecule has 5 nitrogen and oxygen atoms in total. The van der Waals surface area contributed by atoms with Gasteiger partial charge in [-0.05, 0) is 31.0 Å². The lowest BCUT2D eigenvalue weighted by Gasteiger charge is -2.02. The molecule has 0 saturated heterocycles. The predicted octanol–water partition coefficient (Wildman–Crippen LogP) is 2.45. The molecule has 0 aliphatic heterocycles. The molecule has 2 N–H and O–H groups in total. The Bertz CT molecular complexity index is 535. The number of carbonyl (C=O) groups is 1. The second-order valence-electron chi connectivity index (χ2n) is 3.92. The van der Waals surface area contributed by atoms with Gasteiger partial charge in [-0.3, -0.25) is 15.2 Å². The quantitative estimate of drug-likeness (QED) is 0.911. The minimum atomic E-state index is -0.0862. The monoisotopic (exact) mass is 308 g/mol. The summed E-state index contributed by atoms with van der Waals surface area (Å²) in [6.45, 7) is 1.78. The zero-order valence-electron chi connectivity index (χ0n) is 9.90. The van der Waals surface area contributed by atoms with Crippen molar-refractivity contribution in [3.8, 4) is 0 Å². The fourth-order valence-corrected chi connectivity index (χ4v) is 1.76. The molecular weight excluding hydrogens is 296 g/mol. The average molecular weight is 309 g/mol. The van der Waals surface area contributed by atoms with Crippen molar-refractivity contribution in [3.63, 3.8) is 0 Å². The lowest BCUT2D eigenvalue weighted by Crippen LogP contribution is -2.13. The highest BCUT2D eigenvalue weighted by atomic mass is 79.9. The van der Waals surface area contributed by atoms with Gasteiger partial charge < -0.3 is 0 Å². The number of amides is 1. The number of H-pyrrole nitrogens is 1. The van der Waals surface area contributed by atoms with Crippen LogP contribution >= 0.6 is 15.9 Å². The van der Waals surface area contributed by atoms with Crippen molar-refractivity contribution in [3.05, 3.63) is 40.1 Å². The van der Waals surface area contributed by atoms with Gasteiger partial charge in [0.05, 0.1) is 0 Å². The summed E-state index contributed by atoms with van der Waals surface area (Å²) in [6, 6.07) is 7.92. The molecule has 1 aromatic carbocycles. The van der Waals surface area contributed by atoms with Crippen molar-refractivity contribution in [2.75, 3.05) is 5.32 Å².